The maximum Gasteiger partial charge on any atom is 0.240 e. The van der Waals surface area contributed by atoms with Crippen molar-refractivity contribution in [2.75, 3.05) is 0 Å². The zero-order valence-corrected chi connectivity index (χ0v) is 16.4. The second kappa shape index (κ2) is 7.15. The molecule has 0 aliphatic carbocycles. The number of nitrogens with zero attached hydrogens (tertiary/aromatic N) is 3. The summed E-state index contributed by atoms with van der Waals surface area (Å²) in [4.78, 5) is 12.4. The van der Waals surface area contributed by atoms with Gasteiger partial charge in [-0.1, -0.05) is 48.5 Å². The molecule has 0 bridgehead atoms. The first-order valence-electron chi connectivity index (χ1n) is 9.80. The van der Waals surface area contributed by atoms with Crippen molar-refractivity contribution < 1.29 is 9.90 Å². The third-order valence-electron chi connectivity index (χ3n) is 5.52. The summed E-state index contributed by atoms with van der Waals surface area (Å²) in [7, 11) is 0. The fourth-order valence-electron chi connectivity index (χ4n) is 4.04. The molecule has 1 amide bonds. The van der Waals surface area contributed by atoms with E-state index in [9.17, 15) is 9.90 Å². The molecule has 30 heavy (non-hydrogen) atoms. The molecule has 1 aliphatic rings. The summed E-state index contributed by atoms with van der Waals surface area (Å²) in [6.07, 6.45) is 2.28. The molecule has 6 nitrogen and oxygen atoms in total. The Hall–Kier alpha value is -3.93. The van der Waals surface area contributed by atoms with Crippen molar-refractivity contribution in [2.24, 2.45) is 5.10 Å². The van der Waals surface area contributed by atoms with Crippen LogP contribution in [0.25, 0.3) is 22.0 Å². The highest BCUT2D eigenvalue weighted by Gasteiger charge is 2.34. The molecule has 0 radical (unpaired) electrons. The van der Waals surface area contributed by atoms with Gasteiger partial charge in [-0.3, -0.25) is 9.89 Å². The second-order valence-electron chi connectivity index (χ2n) is 7.41. The number of carbonyl (C=O) groups excluding carboxylic acids is 1. The van der Waals surface area contributed by atoms with E-state index in [1.807, 2.05) is 30.3 Å². The number of aromatic amines is 1. The van der Waals surface area contributed by atoms with Crippen molar-refractivity contribution in [3.05, 3.63) is 84.1 Å². The largest absolute Gasteiger partial charge is 0.507 e. The Morgan fingerprint density at radius 2 is 1.83 bits per heavy atom. The first kappa shape index (κ1) is 18.1. The number of nitrogens with one attached hydrogen (secondary N) is 1. The predicted octanol–water partition coefficient (Wildman–Crippen LogP) is 4.63. The lowest BCUT2D eigenvalue weighted by Gasteiger charge is -2.20. The van der Waals surface area contributed by atoms with Crippen molar-refractivity contribution in [3.8, 4) is 17.0 Å². The summed E-state index contributed by atoms with van der Waals surface area (Å²) in [6.45, 7) is 1.51. The van der Waals surface area contributed by atoms with Gasteiger partial charge in [0.05, 0.1) is 23.6 Å². The second-order valence-corrected chi connectivity index (χ2v) is 7.41. The number of fused-ring (bicyclic) bond motifs is 1. The highest BCUT2D eigenvalue weighted by molar-refractivity contribution is 6.05. The van der Waals surface area contributed by atoms with Crippen molar-refractivity contribution in [3.63, 3.8) is 0 Å². The summed E-state index contributed by atoms with van der Waals surface area (Å²) in [5.74, 6) is 0.0197. The highest BCUT2D eigenvalue weighted by atomic mass is 16.3. The maximum atomic E-state index is 12.4. The van der Waals surface area contributed by atoms with E-state index in [2.05, 4.69) is 39.6 Å². The molecule has 2 N–H and O–H groups in total. The van der Waals surface area contributed by atoms with Crippen molar-refractivity contribution >= 4 is 22.4 Å². The van der Waals surface area contributed by atoms with Crippen LogP contribution in [0.2, 0.25) is 0 Å². The number of hydrogen-bond acceptors (Lipinski definition) is 4. The maximum absolute atomic E-state index is 12.4. The third kappa shape index (κ3) is 3.03. The SMILES string of the molecule is CC(=O)N1N=C(c2ccc3ccccc3c2)CC1c1cn[nH]c1-c1ccccc1O. The molecule has 1 aromatic heterocycles. The Morgan fingerprint density at radius 1 is 1.07 bits per heavy atom. The molecule has 0 saturated heterocycles. The van der Waals surface area contributed by atoms with E-state index in [4.69, 9.17) is 0 Å². The van der Waals surface area contributed by atoms with Crippen LogP contribution in [0, 0.1) is 0 Å². The van der Waals surface area contributed by atoms with Crippen molar-refractivity contribution in [1.82, 2.24) is 15.2 Å². The van der Waals surface area contributed by atoms with Crippen LogP contribution < -0.4 is 0 Å². The number of benzene rings is 3. The van der Waals surface area contributed by atoms with E-state index in [0.29, 0.717) is 17.7 Å². The Morgan fingerprint density at radius 3 is 2.63 bits per heavy atom. The molecular formula is C24H20N4O2. The number of H-pyrrole nitrogens is 1. The average molecular weight is 396 g/mol. The van der Waals surface area contributed by atoms with Crippen LogP contribution in [0.4, 0.5) is 0 Å². The number of hydrazone groups is 1. The van der Waals surface area contributed by atoms with Crippen LogP contribution in [0.15, 0.2) is 78.0 Å². The zero-order chi connectivity index (χ0) is 20.7. The molecule has 5 rings (SSSR count). The lowest BCUT2D eigenvalue weighted by molar-refractivity contribution is -0.130. The summed E-state index contributed by atoms with van der Waals surface area (Å²) in [5.41, 5.74) is 4.01. The van der Waals surface area contributed by atoms with Crippen LogP contribution in [0.3, 0.4) is 0 Å². The standard InChI is InChI=1S/C24H20N4O2/c1-15(29)28-22(20-14-25-26-24(20)19-8-4-5-9-23(19)30)13-21(27-28)18-11-10-16-6-2-3-7-17(16)12-18/h2-12,14,22,30H,13H2,1H3,(H,25,26). The van der Waals surface area contributed by atoms with Gasteiger partial charge in [0.25, 0.3) is 0 Å². The average Bonchev–Trinajstić information content (AvgIpc) is 3.41. The topological polar surface area (TPSA) is 81.6 Å². The van der Waals surface area contributed by atoms with Crippen LogP contribution >= 0.6 is 0 Å². The Balaban J connectivity index is 1.54. The monoisotopic (exact) mass is 396 g/mol. The first-order chi connectivity index (χ1) is 14.6. The Labute approximate surface area is 173 Å². The summed E-state index contributed by atoms with van der Waals surface area (Å²) >= 11 is 0. The smallest absolute Gasteiger partial charge is 0.240 e. The van der Waals surface area contributed by atoms with Crippen LogP contribution in [-0.4, -0.2) is 31.9 Å². The first-order valence-corrected chi connectivity index (χ1v) is 9.80. The van der Waals surface area contributed by atoms with E-state index in [1.54, 1.807) is 18.3 Å². The molecule has 1 unspecified atom stereocenters. The fourth-order valence-corrected chi connectivity index (χ4v) is 4.04. The number of carbonyl (C=O) groups is 1. The molecule has 0 saturated carbocycles. The van der Waals surface area contributed by atoms with Crippen LogP contribution in [0.5, 0.6) is 5.75 Å². The molecule has 1 atom stereocenters. The lowest BCUT2D eigenvalue weighted by atomic mass is 9.95. The van der Waals surface area contributed by atoms with Crippen molar-refractivity contribution in [1.29, 1.82) is 0 Å². The number of rotatable bonds is 3. The summed E-state index contributed by atoms with van der Waals surface area (Å²) in [6, 6.07) is 21.2. The van der Waals surface area contributed by atoms with Gasteiger partial charge in [0, 0.05) is 24.5 Å². The number of hydrogen-bond donors (Lipinski definition) is 2. The number of aromatic nitrogens is 2. The Bertz CT molecular complexity index is 1290. The number of phenols is 1. The third-order valence-corrected chi connectivity index (χ3v) is 5.52. The molecule has 148 valence electrons. The van der Waals surface area contributed by atoms with Gasteiger partial charge >= 0.3 is 0 Å². The molecule has 6 heteroatoms. The molecule has 4 aromatic rings. The zero-order valence-electron chi connectivity index (χ0n) is 16.4. The number of phenolic OH excluding ortho intramolecular Hbond substituents is 1. The number of aromatic hydroxyl groups is 1. The van der Waals surface area contributed by atoms with Gasteiger partial charge < -0.3 is 5.11 Å². The van der Waals surface area contributed by atoms with Gasteiger partial charge in [-0.15, -0.1) is 0 Å². The van der Waals surface area contributed by atoms with Gasteiger partial charge in [0.2, 0.25) is 5.91 Å². The lowest BCUT2D eigenvalue weighted by Crippen LogP contribution is -2.24. The Kier molecular flexibility index (Phi) is 4.32. The predicted molar refractivity (Wildman–Crippen MR) is 116 cm³/mol. The van der Waals surface area contributed by atoms with E-state index in [-0.39, 0.29) is 17.7 Å². The van der Waals surface area contributed by atoms with Gasteiger partial charge in [-0.2, -0.15) is 10.2 Å². The molecular weight excluding hydrogens is 376 g/mol. The molecule has 0 fully saturated rings. The van der Waals surface area contributed by atoms with E-state index in [0.717, 1.165) is 27.6 Å². The van der Waals surface area contributed by atoms with Crippen molar-refractivity contribution in [2.45, 2.75) is 19.4 Å². The minimum absolute atomic E-state index is 0.139. The van der Waals surface area contributed by atoms with Gasteiger partial charge in [0.15, 0.2) is 0 Å². The van der Waals surface area contributed by atoms with Gasteiger partial charge in [-0.05, 0) is 34.5 Å². The highest BCUT2D eigenvalue weighted by Crippen LogP contribution is 2.39. The van der Waals surface area contributed by atoms with E-state index < -0.39 is 0 Å². The minimum atomic E-state index is -0.294. The van der Waals surface area contributed by atoms with Gasteiger partial charge in [0.1, 0.15) is 5.75 Å². The quantitative estimate of drug-likeness (QED) is 0.530. The van der Waals surface area contributed by atoms with Crippen LogP contribution in [-0.2, 0) is 4.79 Å². The normalized spacial score (nSPS) is 16.1. The number of amides is 1. The fraction of sp³-hybridized carbons (Fsp3) is 0.125. The molecule has 0 spiro atoms. The summed E-state index contributed by atoms with van der Waals surface area (Å²) < 4.78 is 0. The van der Waals surface area contributed by atoms with E-state index in [1.165, 1.54) is 11.9 Å². The van der Waals surface area contributed by atoms with Crippen LogP contribution in [0.1, 0.15) is 30.5 Å². The van der Waals surface area contributed by atoms with E-state index >= 15 is 0 Å². The minimum Gasteiger partial charge on any atom is -0.507 e. The molecule has 2 heterocycles. The number of para-hydroxylation sites is 1. The molecule has 3 aromatic carbocycles. The summed E-state index contributed by atoms with van der Waals surface area (Å²) in [5, 5.41) is 25.9. The molecule has 1 aliphatic heterocycles. The van der Waals surface area contributed by atoms with Gasteiger partial charge in [-0.25, -0.2) is 5.01 Å².